The summed E-state index contributed by atoms with van der Waals surface area (Å²) < 4.78 is 0. The Labute approximate surface area is 91.7 Å². The molecule has 5 nitrogen and oxygen atoms in total. The van der Waals surface area contributed by atoms with Crippen LogP contribution in [0.15, 0.2) is 24.4 Å². The van der Waals surface area contributed by atoms with Gasteiger partial charge in [-0.3, -0.25) is 10.2 Å². The molecule has 0 atom stereocenters. The van der Waals surface area contributed by atoms with Gasteiger partial charge >= 0.3 is 0 Å². The smallest absolute Gasteiger partial charge is 0.105 e. The van der Waals surface area contributed by atoms with Crippen molar-refractivity contribution in [3.05, 3.63) is 30.1 Å². The zero-order valence-corrected chi connectivity index (χ0v) is 8.78. The van der Waals surface area contributed by atoms with Gasteiger partial charge in [-0.25, -0.2) is 0 Å². The topological polar surface area (TPSA) is 83.4 Å². The van der Waals surface area contributed by atoms with Crippen molar-refractivity contribution in [3.8, 4) is 11.3 Å². The molecular weight excluding hydrogens is 202 g/mol. The fourth-order valence-corrected chi connectivity index (χ4v) is 1.88. The number of rotatable bonds is 1. The number of nitrogen functional groups attached to an aromatic ring is 1. The highest BCUT2D eigenvalue weighted by molar-refractivity contribution is 6.01. The highest BCUT2D eigenvalue weighted by atomic mass is 15.1. The molecule has 3 rings (SSSR count). The van der Waals surface area contributed by atoms with Crippen LogP contribution in [0.2, 0.25) is 0 Å². The fraction of sp³-hybridized carbons (Fsp3) is 0.0909. The summed E-state index contributed by atoms with van der Waals surface area (Å²) >= 11 is 0. The van der Waals surface area contributed by atoms with E-state index in [0.29, 0.717) is 0 Å². The van der Waals surface area contributed by atoms with Crippen LogP contribution in [0, 0.1) is 6.92 Å². The number of aromatic nitrogens is 4. The number of nitrogens with one attached hydrogen (secondary N) is 2. The van der Waals surface area contributed by atoms with Crippen molar-refractivity contribution in [1.29, 1.82) is 0 Å². The number of hydrogen-bond acceptors (Lipinski definition) is 3. The zero-order chi connectivity index (χ0) is 11.1. The summed E-state index contributed by atoms with van der Waals surface area (Å²) in [6, 6.07) is 5.73. The van der Waals surface area contributed by atoms with Gasteiger partial charge in [-0.1, -0.05) is 6.07 Å². The maximum atomic E-state index is 5.97. The van der Waals surface area contributed by atoms with Gasteiger partial charge in [-0.15, -0.1) is 0 Å². The normalized spacial score (nSPS) is 11.1. The number of aromatic amines is 2. The van der Waals surface area contributed by atoms with Crippen LogP contribution in [-0.4, -0.2) is 20.4 Å². The lowest BCUT2D eigenvalue weighted by atomic mass is 10.1. The van der Waals surface area contributed by atoms with E-state index in [-0.39, 0.29) is 0 Å². The minimum atomic E-state index is 0.724. The first-order valence-corrected chi connectivity index (χ1v) is 5.00. The van der Waals surface area contributed by atoms with Crippen molar-refractivity contribution in [3.63, 3.8) is 0 Å². The van der Waals surface area contributed by atoms with E-state index in [0.717, 1.165) is 33.5 Å². The van der Waals surface area contributed by atoms with Crippen LogP contribution in [0.1, 0.15) is 5.69 Å². The third-order valence-electron chi connectivity index (χ3n) is 2.71. The van der Waals surface area contributed by atoms with Crippen LogP contribution in [0.25, 0.3) is 22.2 Å². The molecular formula is C11H11N5. The first kappa shape index (κ1) is 8.96. The molecule has 0 fully saturated rings. The minimum Gasteiger partial charge on any atom is -0.398 e. The number of nitrogens with two attached hydrogens (primary N) is 1. The van der Waals surface area contributed by atoms with Crippen LogP contribution < -0.4 is 5.73 Å². The van der Waals surface area contributed by atoms with Crippen molar-refractivity contribution in [2.45, 2.75) is 6.92 Å². The van der Waals surface area contributed by atoms with Crippen LogP contribution in [0.5, 0.6) is 0 Å². The third kappa shape index (κ3) is 1.11. The maximum absolute atomic E-state index is 5.97. The van der Waals surface area contributed by atoms with Crippen molar-refractivity contribution < 1.29 is 0 Å². The van der Waals surface area contributed by atoms with E-state index in [4.69, 9.17) is 5.73 Å². The molecule has 4 N–H and O–H groups in total. The van der Waals surface area contributed by atoms with Crippen LogP contribution >= 0.6 is 0 Å². The van der Waals surface area contributed by atoms with Gasteiger partial charge in [0.1, 0.15) is 5.69 Å². The maximum Gasteiger partial charge on any atom is 0.105 e. The van der Waals surface area contributed by atoms with Gasteiger partial charge in [0, 0.05) is 16.9 Å². The molecule has 3 aromatic rings. The van der Waals surface area contributed by atoms with Gasteiger partial charge in [0.15, 0.2) is 0 Å². The average Bonchev–Trinajstić information content (AvgIpc) is 2.84. The third-order valence-corrected chi connectivity index (χ3v) is 2.71. The Hall–Kier alpha value is -2.30. The predicted octanol–water partition coefficient (Wildman–Crippen LogP) is 1.84. The zero-order valence-electron chi connectivity index (χ0n) is 8.78. The lowest BCUT2D eigenvalue weighted by Gasteiger charge is -1.98. The molecule has 0 amide bonds. The van der Waals surface area contributed by atoms with Crippen molar-refractivity contribution in [2.24, 2.45) is 0 Å². The minimum absolute atomic E-state index is 0.724. The Morgan fingerprint density at radius 3 is 2.88 bits per heavy atom. The predicted molar refractivity (Wildman–Crippen MR) is 62.8 cm³/mol. The average molecular weight is 213 g/mol. The van der Waals surface area contributed by atoms with E-state index in [1.807, 2.05) is 25.1 Å². The molecule has 0 bridgehead atoms. The molecule has 2 heterocycles. The SMILES string of the molecule is Cc1[nH]ncc1-c1n[nH]c2cccc(N)c12. The highest BCUT2D eigenvalue weighted by Gasteiger charge is 2.13. The number of H-pyrrole nitrogens is 2. The quantitative estimate of drug-likeness (QED) is 0.539. The molecule has 0 unspecified atom stereocenters. The van der Waals surface area contributed by atoms with Gasteiger partial charge in [0.2, 0.25) is 0 Å². The Morgan fingerprint density at radius 2 is 2.12 bits per heavy atom. The number of fused-ring (bicyclic) bond motifs is 1. The Morgan fingerprint density at radius 1 is 1.25 bits per heavy atom. The van der Waals surface area contributed by atoms with E-state index in [9.17, 15) is 0 Å². The number of anilines is 1. The van der Waals surface area contributed by atoms with Gasteiger partial charge < -0.3 is 5.73 Å². The van der Waals surface area contributed by atoms with Crippen molar-refractivity contribution >= 4 is 16.6 Å². The summed E-state index contributed by atoms with van der Waals surface area (Å²) in [6.45, 7) is 1.96. The van der Waals surface area contributed by atoms with Crippen molar-refractivity contribution in [1.82, 2.24) is 20.4 Å². The Balaban J connectivity index is 2.37. The van der Waals surface area contributed by atoms with Gasteiger partial charge in [0.25, 0.3) is 0 Å². The molecule has 0 spiro atoms. The van der Waals surface area contributed by atoms with Crippen LogP contribution in [-0.2, 0) is 0 Å². The van der Waals surface area contributed by atoms with Gasteiger partial charge in [-0.2, -0.15) is 10.2 Å². The van der Waals surface area contributed by atoms with E-state index in [1.54, 1.807) is 6.20 Å². The molecule has 0 saturated carbocycles. The summed E-state index contributed by atoms with van der Waals surface area (Å²) in [5.74, 6) is 0. The van der Waals surface area contributed by atoms with E-state index in [1.165, 1.54) is 0 Å². The monoisotopic (exact) mass is 213 g/mol. The highest BCUT2D eigenvalue weighted by Crippen LogP contribution is 2.31. The van der Waals surface area contributed by atoms with E-state index in [2.05, 4.69) is 20.4 Å². The molecule has 80 valence electrons. The van der Waals surface area contributed by atoms with Crippen LogP contribution in [0.3, 0.4) is 0 Å². The summed E-state index contributed by atoms with van der Waals surface area (Å²) in [4.78, 5) is 0. The summed E-state index contributed by atoms with van der Waals surface area (Å²) in [7, 11) is 0. The number of benzene rings is 1. The van der Waals surface area contributed by atoms with E-state index < -0.39 is 0 Å². The first-order chi connectivity index (χ1) is 7.77. The summed E-state index contributed by atoms with van der Waals surface area (Å²) in [5.41, 5.74) is 10.4. The molecule has 5 heteroatoms. The Kier molecular flexibility index (Phi) is 1.73. The molecule has 2 aromatic heterocycles. The lowest BCUT2D eigenvalue weighted by Crippen LogP contribution is -1.87. The second kappa shape index (κ2) is 3.10. The first-order valence-electron chi connectivity index (χ1n) is 5.00. The molecule has 0 radical (unpaired) electrons. The summed E-state index contributed by atoms with van der Waals surface area (Å²) in [5, 5.41) is 15.1. The number of hydrogen-bond donors (Lipinski definition) is 3. The molecule has 0 aliphatic heterocycles. The molecule has 0 aliphatic rings. The standard InChI is InChI=1S/C11H11N5/c1-6-7(5-13-14-6)11-10-8(12)3-2-4-9(10)15-16-11/h2-5H,12H2,1H3,(H,13,14)(H,15,16). The second-order valence-corrected chi connectivity index (χ2v) is 3.75. The number of aryl methyl sites for hydroxylation is 1. The van der Waals surface area contributed by atoms with Crippen LogP contribution in [0.4, 0.5) is 5.69 Å². The molecule has 0 aliphatic carbocycles. The van der Waals surface area contributed by atoms with Gasteiger partial charge in [0.05, 0.1) is 17.1 Å². The number of nitrogens with zero attached hydrogens (tertiary/aromatic N) is 2. The van der Waals surface area contributed by atoms with Crippen molar-refractivity contribution in [2.75, 3.05) is 5.73 Å². The molecule has 0 saturated heterocycles. The second-order valence-electron chi connectivity index (χ2n) is 3.75. The summed E-state index contributed by atoms with van der Waals surface area (Å²) in [6.07, 6.45) is 1.76. The largest absolute Gasteiger partial charge is 0.398 e. The van der Waals surface area contributed by atoms with Gasteiger partial charge in [-0.05, 0) is 19.1 Å². The molecule has 1 aromatic carbocycles. The van der Waals surface area contributed by atoms with E-state index >= 15 is 0 Å². The fourth-order valence-electron chi connectivity index (χ4n) is 1.88. The lowest BCUT2D eigenvalue weighted by molar-refractivity contribution is 1.05. The Bertz CT molecular complexity index is 649. The molecule has 16 heavy (non-hydrogen) atoms.